The lowest BCUT2D eigenvalue weighted by Gasteiger charge is -2.18. The fraction of sp³-hybridized carbons (Fsp3) is 0.391. The zero-order valence-electron chi connectivity index (χ0n) is 15.4. The first-order valence-electron chi connectivity index (χ1n) is 8.11. The minimum Gasteiger partial charge on any atom is -0.412 e. The lowest BCUT2D eigenvalue weighted by Crippen LogP contribution is -2.26. The largest absolute Gasteiger partial charge is 0.412 e. The van der Waals surface area contributed by atoms with E-state index in [9.17, 15) is 4.79 Å². The van der Waals surface area contributed by atoms with Gasteiger partial charge in [-0.25, -0.2) is 0 Å². The van der Waals surface area contributed by atoms with Gasteiger partial charge in [0, 0.05) is 12.8 Å². The van der Waals surface area contributed by atoms with Crippen LogP contribution in [0.1, 0.15) is 48.0 Å². The van der Waals surface area contributed by atoms with Gasteiger partial charge in [-0.1, -0.05) is 56.5 Å². The number of rotatable bonds is 13. The van der Waals surface area contributed by atoms with Crippen molar-refractivity contribution in [3.05, 3.63) is 73.7 Å². The molecule has 0 aliphatic carbocycles. The molecule has 0 aromatic heterocycles. The van der Waals surface area contributed by atoms with Crippen molar-refractivity contribution < 1.29 is 10.3 Å². The Hall–Kier alpha value is -2.01. The van der Waals surface area contributed by atoms with E-state index in [0.717, 1.165) is 31.2 Å². The lowest BCUT2D eigenvalue weighted by atomic mass is 10.4. The summed E-state index contributed by atoms with van der Waals surface area (Å²) >= 11 is 0. The molecule has 2 N–H and O–H groups in total. The van der Waals surface area contributed by atoms with Gasteiger partial charge < -0.3 is 10.3 Å². The van der Waals surface area contributed by atoms with Crippen LogP contribution in [-0.4, -0.2) is 27.9 Å². The number of carbonyl (C=O) groups is 1. The summed E-state index contributed by atoms with van der Waals surface area (Å²) < 4.78 is 0. The van der Waals surface area contributed by atoms with Crippen LogP contribution in [0.5, 0.6) is 0 Å². The van der Waals surface area contributed by atoms with Gasteiger partial charge in [0.25, 0.3) is 0 Å². The van der Waals surface area contributed by atoms with E-state index in [1.807, 2.05) is 34.2 Å². The number of hydrogen-bond acceptors (Lipinski definition) is 2. The van der Waals surface area contributed by atoms with Crippen LogP contribution in [0.4, 0.5) is 0 Å². The number of aldehydes is 1. The van der Waals surface area contributed by atoms with Crippen molar-refractivity contribution in [1.29, 1.82) is 5.26 Å². The molecular formula is C23H45NO2Si2. The van der Waals surface area contributed by atoms with E-state index in [1.54, 1.807) is 0 Å². The van der Waals surface area contributed by atoms with Crippen LogP contribution >= 0.6 is 0 Å². The zero-order chi connectivity index (χ0) is 18.9. The summed E-state index contributed by atoms with van der Waals surface area (Å²) in [5, 5.41) is 8.37. The second-order valence-corrected chi connectivity index (χ2v) is 13.4. The Kier molecular flexibility index (Phi) is 36.3. The van der Waals surface area contributed by atoms with Gasteiger partial charge in [-0.05, 0) is 24.9 Å². The molecule has 162 valence electrons. The van der Waals surface area contributed by atoms with Crippen LogP contribution in [-0.2, 0) is 4.79 Å². The predicted octanol–water partition coefficient (Wildman–Crippen LogP) is 6.59. The van der Waals surface area contributed by atoms with E-state index in [-0.39, 0.29) is 27.8 Å². The fourth-order valence-corrected chi connectivity index (χ4v) is 5.91. The number of nitriles is 1. The summed E-state index contributed by atoms with van der Waals surface area (Å²) in [5.74, 6) is 0. The number of nitrogens with zero attached hydrogens (tertiary/aromatic N) is 1. The molecule has 0 radical (unpaired) electrons. The molecule has 0 unspecified atom stereocenters. The summed E-state index contributed by atoms with van der Waals surface area (Å²) in [5.41, 5.74) is 11.8. The average molecular weight is 424 g/mol. The number of unbranched alkanes of at least 4 members (excludes halogenated alkanes) is 2. The van der Waals surface area contributed by atoms with Gasteiger partial charge in [0.15, 0.2) is 0 Å². The number of carbonyl (C=O) groups excluding carboxylic acids is 1. The molecular weight excluding hydrogens is 378 g/mol. The SMILES string of the molecule is C.C.C.C=C[Si](C=C)(C=C)CCCC#N.C=C[Si](C=C)(C=C)CCCC=O.O. The molecule has 0 fully saturated rings. The first kappa shape index (κ1) is 40.6. The van der Waals surface area contributed by atoms with Crippen molar-refractivity contribution in [3.8, 4) is 6.07 Å². The molecule has 0 spiro atoms. The van der Waals surface area contributed by atoms with Gasteiger partial charge in [0.2, 0.25) is 0 Å². The molecule has 0 aliphatic heterocycles. The monoisotopic (exact) mass is 423 g/mol. The highest BCUT2D eigenvalue weighted by atomic mass is 28.3. The van der Waals surface area contributed by atoms with Crippen LogP contribution in [0.25, 0.3) is 0 Å². The molecule has 0 saturated carbocycles. The topological polar surface area (TPSA) is 72.4 Å². The molecule has 0 aromatic carbocycles. The maximum Gasteiger partial charge on any atom is 0.124 e. The Bertz CT molecular complexity index is 450. The third-order valence-electron chi connectivity index (χ3n) is 4.11. The molecule has 0 atom stereocenters. The first-order valence-corrected chi connectivity index (χ1v) is 13.0. The van der Waals surface area contributed by atoms with Crippen molar-refractivity contribution in [2.24, 2.45) is 0 Å². The van der Waals surface area contributed by atoms with Crippen LogP contribution in [0.15, 0.2) is 73.7 Å². The maximum absolute atomic E-state index is 10.1. The van der Waals surface area contributed by atoms with Gasteiger partial charge in [0.05, 0.1) is 6.07 Å². The van der Waals surface area contributed by atoms with Crippen molar-refractivity contribution in [3.63, 3.8) is 0 Å². The van der Waals surface area contributed by atoms with E-state index in [2.05, 4.69) is 45.5 Å². The minimum atomic E-state index is -1.62. The maximum atomic E-state index is 10.1. The normalized spacial score (nSPS) is 8.68. The average Bonchev–Trinajstić information content (AvgIpc) is 2.64. The molecule has 5 heteroatoms. The summed E-state index contributed by atoms with van der Waals surface area (Å²) in [4.78, 5) is 10.1. The van der Waals surface area contributed by atoms with Crippen molar-refractivity contribution in [1.82, 2.24) is 0 Å². The summed E-state index contributed by atoms with van der Waals surface area (Å²) in [7, 11) is -3.24. The second kappa shape index (κ2) is 25.0. The Balaban J connectivity index is -0.0000000756. The molecule has 0 rings (SSSR count). The molecule has 0 aromatic rings. The third kappa shape index (κ3) is 16.2. The van der Waals surface area contributed by atoms with Crippen molar-refractivity contribution in [2.75, 3.05) is 0 Å². The van der Waals surface area contributed by atoms with Gasteiger partial charge in [-0.3, -0.25) is 0 Å². The molecule has 0 amide bonds. The highest BCUT2D eigenvalue weighted by Gasteiger charge is 2.20. The zero-order valence-corrected chi connectivity index (χ0v) is 17.4. The molecule has 28 heavy (non-hydrogen) atoms. The molecule has 3 nitrogen and oxygen atoms in total. The van der Waals surface area contributed by atoms with Crippen LogP contribution in [0, 0.1) is 11.3 Å². The van der Waals surface area contributed by atoms with Crippen molar-refractivity contribution in [2.45, 2.75) is 60.1 Å². The van der Waals surface area contributed by atoms with E-state index in [4.69, 9.17) is 5.26 Å². The van der Waals surface area contributed by atoms with Gasteiger partial charge >= 0.3 is 0 Å². The van der Waals surface area contributed by atoms with Gasteiger partial charge in [-0.2, -0.15) is 5.26 Å². The Morgan fingerprint density at radius 3 is 1.29 bits per heavy atom. The second-order valence-electron chi connectivity index (χ2n) is 5.52. The highest BCUT2D eigenvalue weighted by Crippen LogP contribution is 2.17. The van der Waals surface area contributed by atoms with E-state index in [0.29, 0.717) is 12.8 Å². The van der Waals surface area contributed by atoms with Crippen LogP contribution < -0.4 is 0 Å². The van der Waals surface area contributed by atoms with E-state index >= 15 is 0 Å². The van der Waals surface area contributed by atoms with Gasteiger partial charge in [0.1, 0.15) is 22.4 Å². The molecule has 0 saturated heterocycles. The fourth-order valence-electron chi connectivity index (χ4n) is 2.08. The van der Waals surface area contributed by atoms with E-state index < -0.39 is 16.1 Å². The quantitative estimate of drug-likeness (QED) is 0.190. The third-order valence-corrected chi connectivity index (χ3v) is 11.1. The lowest BCUT2D eigenvalue weighted by molar-refractivity contribution is -0.107. The van der Waals surface area contributed by atoms with Crippen LogP contribution in [0.3, 0.4) is 0 Å². The molecule has 0 bridgehead atoms. The smallest absolute Gasteiger partial charge is 0.124 e. The summed E-state index contributed by atoms with van der Waals surface area (Å²) in [6.07, 6.45) is 4.04. The number of hydrogen-bond donors (Lipinski definition) is 0. The Morgan fingerprint density at radius 2 is 1.04 bits per heavy atom. The van der Waals surface area contributed by atoms with Crippen LogP contribution in [0.2, 0.25) is 12.1 Å². The molecule has 0 heterocycles. The van der Waals surface area contributed by atoms with E-state index in [1.165, 1.54) is 0 Å². The standard InChI is InChI=1S/C10H15NSi.C10H16OSi.3CH4.H2O/c2*1-4-12(5-2,6-3)10-8-7-9-11;;;;/h4-6H,1-3,7-8,10H2;4-6,9H,1-3,7-8,10H2;3*1H4;1H2. The highest BCUT2D eigenvalue weighted by molar-refractivity contribution is 6.93. The summed E-state index contributed by atoms with van der Waals surface area (Å²) in [6.45, 7) is 22.7. The predicted molar refractivity (Wildman–Crippen MR) is 136 cm³/mol. The minimum absolute atomic E-state index is 0. The Labute approximate surface area is 177 Å². The molecule has 0 aliphatic rings. The van der Waals surface area contributed by atoms with Gasteiger partial charge in [-0.15, -0.1) is 39.5 Å². The summed E-state index contributed by atoms with van der Waals surface area (Å²) in [6, 6.07) is 4.15. The van der Waals surface area contributed by atoms with Crippen molar-refractivity contribution >= 4 is 22.4 Å². The first-order chi connectivity index (χ1) is 11.5. The Morgan fingerprint density at radius 1 is 0.714 bits per heavy atom.